The molecule has 1 fully saturated rings. The lowest BCUT2D eigenvalue weighted by atomic mass is 10.1. The molecule has 1 saturated carbocycles. The summed E-state index contributed by atoms with van der Waals surface area (Å²) in [5, 5.41) is 4.25. The number of amides is 1. The summed E-state index contributed by atoms with van der Waals surface area (Å²) in [4.78, 5) is 28.8. The summed E-state index contributed by atoms with van der Waals surface area (Å²) >= 11 is 1.70. The summed E-state index contributed by atoms with van der Waals surface area (Å²) in [5.41, 5.74) is 2.51. The molecular weight excluding hydrogens is 348 g/mol. The molecule has 136 valence electrons. The number of carbonyl (C=O) groups excluding carboxylic acids is 2. The number of aryl methyl sites for hydroxylation is 1. The lowest BCUT2D eigenvalue weighted by Crippen LogP contribution is -2.15. The monoisotopic (exact) mass is 370 g/mol. The van der Waals surface area contributed by atoms with E-state index in [-0.39, 0.29) is 5.91 Å². The minimum atomic E-state index is -0.395. The van der Waals surface area contributed by atoms with Crippen LogP contribution in [0.5, 0.6) is 0 Å². The number of thioether (sulfide) groups is 1. The van der Waals surface area contributed by atoms with Crippen molar-refractivity contribution in [3.05, 3.63) is 53.2 Å². The number of hydrogen-bond acceptors (Lipinski definition) is 5. The standard InChI is InChI=1S/C20H22N2O3S/c1-13-12-14(20(24)25-2)9-10-17(13)22-18(23)16-8-5-11-21-19(16)26-15-6-3-4-7-15/h5,8-12,15H,3-4,6-7H2,1-2H3,(H,22,23). The lowest BCUT2D eigenvalue weighted by molar-refractivity contribution is 0.0600. The predicted molar refractivity (Wildman–Crippen MR) is 103 cm³/mol. The van der Waals surface area contributed by atoms with Crippen molar-refractivity contribution in [3.63, 3.8) is 0 Å². The second kappa shape index (κ2) is 8.36. The van der Waals surface area contributed by atoms with Crippen molar-refractivity contribution in [2.24, 2.45) is 0 Å². The highest BCUT2D eigenvalue weighted by atomic mass is 32.2. The number of rotatable bonds is 5. The topological polar surface area (TPSA) is 68.3 Å². The molecular formula is C20H22N2O3S. The van der Waals surface area contributed by atoms with Crippen LogP contribution in [0.1, 0.15) is 52.0 Å². The molecule has 0 radical (unpaired) electrons. The van der Waals surface area contributed by atoms with Crippen LogP contribution in [0.4, 0.5) is 5.69 Å². The Morgan fingerprint density at radius 1 is 1.23 bits per heavy atom. The molecule has 1 aromatic carbocycles. The quantitative estimate of drug-likeness (QED) is 0.787. The Morgan fingerprint density at radius 2 is 2.00 bits per heavy atom. The zero-order valence-electron chi connectivity index (χ0n) is 15.0. The molecule has 0 atom stereocenters. The largest absolute Gasteiger partial charge is 0.465 e. The van der Waals surface area contributed by atoms with E-state index in [0.29, 0.717) is 22.1 Å². The van der Waals surface area contributed by atoms with E-state index < -0.39 is 5.97 Å². The van der Waals surface area contributed by atoms with Crippen molar-refractivity contribution in [3.8, 4) is 0 Å². The molecule has 0 bridgehead atoms. The van der Waals surface area contributed by atoms with Crippen molar-refractivity contribution in [1.82, 2.24) is 4.98 Å². The lowest BCUT2D eigenvalue weighted by Gasteiger charge is -2.13. The zero-order chi connectivity index (χ0) is 18.5. The van der Waals surface area contributed by atoms with Gasteiger partial charge in [-0.3, -0.25) is 4.79 Å². The highest BCUT2D eigenvalue weighted by Crippen LogP contribution is 2.35. The van der Waals surface area contributed by atoms with Gasteiger partial charge in [0.25, 0.3) is 5.91 Å². The highest BCUT2D eigenvalue weighted by molar-refractivity contribution is 7.99. The summed E-state index contributed by atoms with van der Waals surface area (Å²) in [6.07, 6.45) is 6.58. The Balaban J connectivity index is 1.77. The SMILES string of the molecule is COC(=O)c1ccc(NC(=O)c2cccnc2SC2CCCC2)c(C)c1. The number of benzene rings is 1. The Kier molecular flexibility index (Phi) is 5.93. The second-order valence-corrected chi connectivity index (χ2v) is 7.64. The fourth-order valence-corrected chi connectivity index (χ4v) is 4.35. The average molecular weight is 370 g/mol. The van der Waals surface area contributed by atoms with Crippen molar-refractivity contribution in [2.75, 3.05) is 12.4 Å². The van der Waals surface area contributed by atoms with Gasteiger partial charge in [0.1, 0.15) is 5.03 Å². The van der Waals surface area contributed by atoms with Gasteiger partial charge in [-0.05, 0) is 55.7 Å². The summed E-state index contributed by atoms with van der Waals surface area (Å²) in [7, 11) is 1.35. The predicted octanol–water partition coefficient (Wildman–Crippen LogP) is 4.46. The van der Waals surface area contributed by atoms with Crippen molar-refractivity contribution in [2.45, 2.75) is 42.9 Å². The van der Waals surface area contributed by atoms with Crippen LogP contribution in [-0.4, -0.2) is 29.2 Å². The molecule has 26 heavy (non-hydrogen) atoms. The molecule has 1 amide bonds. The third kappa shape index (κ3) is 4.25. The molecule has 1 aliphatic rings. The third-order valence-electron chi connectivity index (χ3n) is 4.49. The van der Waals surface area contributed by atoms with E-state index in [1.165, 1.54) is 32.8 Å². The Bertz CT molecular complexity index is 816. The number of esters is 1. The maximum Gasteiger partial charge on any atom is 0.337 e. The molecule has 1 N–H and O–H groups in total. The highest BCUT2D eigenvalue weighted by Gasteiger charge is 2.21. The maximum absolute atomic E-state index is 12.8. The fourth-order valence-electron chi connectivity index (χ4n) is 3.06. The van der Waals surface area contributed by atoms with Crippen LogP contribution >= 0.6 is 11.8 Å². The minimum Gasteiger partial charge on any atom is -0.465 e. The molecule has 0 saturated heterocycles. The molecule has 1 aromatic heterocycles. The van der Waals surface area contributed by atoms with Gasteiger partial charge in [0.05, 0.1) is 18.2 Å². The van der Waals surface area contributed by atoms with Gasteiger partial charge in [0.2, 0.25) is 0 Å². The number of anilines is 1. The van der Waals surface area contributed by atoms with Gasteiger partial charge in [-0.2, -0.15) is 0 Å². The van der Waals surface area contributed by atoms with Crippen LogP contribution in [-0.2, 0) is 4.74 Å². The normalized spacial score (nSPS) is 14.2. The van der Waals surface area contributed by atoms with Crippen LogP contribution in [0.3, 0.4) is 0 Å². The molecule has 3 rings (SSSR count). The molecule has 1 heterocycles. The van der Waals surface area contributed by atoms with E-state index in [2.05, 4.69) is 10.3 Å². The van der Waals surface area contributed by atoms with Gasteiger partial charge in [-0.25, -0.2) is 9.78 Å². The smallest absolute Gasteiger partial charge is 0.337 e. The Morgan fingerprint density at radius 3 is 2.69 bits per heavy atom. The van der Waals surface area contributed by atoms with Crippen LogP contribution in [0, 0.1) is 6.92 Å². The van der Waals surface area contributed by atoms with Crippen molar-refractivity contribution >= 4 is 29.3 Å². The number of carbonyl (C=O) groups is 2. The van der Waals surface area contributed by atoms with Crippen molar-refractivity contribution < 1.29 is 14.3 Å². The summed E-state index contributed by atoms with van der Waals surface area (Å²) in [6.45, 7) is 1.85. The van der Waals surface area contributed by atoms with E-state index in [1.54, 1.807) is 48.3 Å². The number of pyridine rings is 1. The Labute approximate surface area is 157 Å². The minimum absolute atomic E-state index is 0.187. The van der Waals surface area contributed by atoms with E-state index in [1.807, 2.05) is 6.92 Å². The molecule has 5 nitrogen and oxygen atoms in total. The van der Waals surface area contributed by atoms with E-state index in [9.17, 15) is 9.59 Å². The molecule has 0 unspecified atom stereocenters. The van der Waals surface area contributed by atoms with E-state index in [4.69, 9.17) is 4.74 Å². The molecule has 6 heteroatoms. The van der Waals surface area contributed by atoms with Crippen LogP contribution in [0.15, 0.2) is 41.6 Å². The first kappa shape index (κ1) is 18.5. The number of aromatic nitrogens is 1. The van der Waals surface area contributed by atoms with Crippen LogP contribution < -0.4 is 5.32 Å². The van der Waals surface area contributed by atoms with Crippen LogP contribution in [0.25, 0.3) is 0 Å². The first-order valence-electron chi connectivity index (χ1n) is 8.70. The number of nitrogens with one attached hydrogen (secondary N) is 1. The fraction of sp³-hybridized carbons (Fsp3) is 0.350. The van der Waals surface area contributed by atoms with Gasteiger partial charge < -0.3 is 10.1 Å². The van der Waals surface area contributed by atoms with Gasteiger partial charge >= 0.3 is 5.97 Å². The van der Waals surface area contributed by atoms with E-state index >= 15 is 0 Å². The van der Waals surface area contributed by atoms with Crippen molar-refractivity contribution in [1.29, 1.82) is 0 Å². The second-order valence-electron chi connectivity index (χ2n) is 6.36. The zero-order valence-corrected chi connectivity index (χ0v) is 15.8. The maximum atomic E-state index is 12.8. The molecule has 2 aromatic rings. The van der Waals surface area contributed by atoms with E-state index in [0.717, 1.165) is 10.6 Å². The van der Waals surface area contributed by atoms with Crippen LogP contribution in [0.2, 0.25) is 0 Å². The first-order valence-corrected chi connectivity index (χ1v) is 9.58. The van der Waals surface area contributed by atoms with Gasteiger partial charge in [0, 0.05) is 17.1 Å². The van der Waals surface area contributed by atoms with Gasteiger partial charge in [-0.15, -0.1) is 11.8 Å². The summed E-state index contributed by atoms with van der Waals surface area (Å²) in [6, 6.07) is 8.66. The summed E-state index contributed by atoms with van der Waals surface area (Å²) in [5.74, 6) is -0.582. The van der Waals surface area contributed by atoms with Gasteiger partial charge in [-0.1, -0.05) is 12.8 Å². The number of nitrogens with zero attached hydrogens (tertiary/aromatic N) is 1. The molecule has 0 aliphatic heterocycles. The first-order chi connectivity index (χ1) is 12.6. The number of ether oxygens (including phenoxy) is 1. The number of hydrogen-bond donors (Lipinski definition) is 1. The molecule has 1 aliphatic carbocycles. The Hall–Kier alpha value is -2.34. The van der Waals surface area contributed by atoms with Gasteiger partial charge in [0.15, 0.2) is 0 Å². The summed E-state index contributed by atoms with van der Waals surface area (Å²) < 4.78 is 4.72. The third-order valence-corrected chi connectivity index (χ3v) is 5.85. The number of methoxy groups -OCH3 is 1. The molecule has 0 spiro atoms. The average Bonchev–Trinajstić information content (AvgIpc) is 3.16.